The lowest BCUT2D eigenvalue weighted by Crippen LogP contribution is -2.28. The van der Waals surface area contributed by atoms with Gasteiger partial charge in [-0.05, 0) is 18.6 Å². The second-order valence-corrected chi connectivity index (χ2v) is 4.17. The van der Waals surface area contributed by atoms with E-state index in [-0.39, 0.29) is 17.5 Å². The molecule has 0 bridgehead atoms. The molecule has 0 fully saturated rings. The number of aliphatic hydroxyl groups is 1. The van der Waals surface area contributed by atoms with E-state index in [2.05, 4.69) is 0 Å². The molecule has 0 atom stereocenters. The standard InChI is InChI=1S/C15H14F2O/c1-2-15(18,11-7-3-5-9-13(11)16)12-8-4-6-10-14(12)17/h3-10,18H,2H2,1H3. The van der Waals surface area contributed by atoms with Crippen LogP contribution in [0.15, 0.2) is 48.5 Å². The van der Waals surface area contributed by atoms with Crippen molar-refractivity contribution < 1.29 is 13.9 Å². The van der Waals surface area contributed by atoms with Crippen LogP contribution in [0.5, 0.6) is 0 Å². The first-order valence-corrected chi connectivity index (χ1v) is 5.82. The molecule has 3 heteroatoms. The van der Waals surface area contributed by atoms with Gasteiger partial charge in [0.25, 0.3) is 0 Å². The minimum atomic E-state index is -1.64. The summed E-state index contributed by atoms with van der Waals surface area (Å²) in [6, 6.07) is 11.8. The summed E-state index contributed by atoms with van der Waals surface area (Å²) < 4.78 is 27.6. The first-order chi connectivity index (χ1) is 8.59. The van der Waals surface area contributed by atoms with Crippen LogP contribution in [0.1, 0.15) is 24.5 Å². The molecule has 1 nitrogen and oxygen atoms in total. The molecule has 0 aliphatic rings. The van der Waals surface area contributed by atoms with Gasteiger partial charge in [-0.1, -0.05) is 43.3 Å². The summed E-state index contributed by atoms with van der Waals surface area (Å²) in [4.78, 5) is 0. The monoisotopic (exact) mass is 248 g/mol. The number of hydrogen-bond acceptors (Lipinski definition) is 1. The molecule has 0 saturated carbocycles. The van der Waals surface area contributed by atoms with Crippen LogP contribution in [0.2, 0.25) is 0 Å². The number of halogens is 2. The molecule has 2 rings (SSSR count). The molecule has 0 aliphatic heterocycles. The summed E-state index contributed by atoms with van der Waals surface area (Å²) in [5.74, 6) is -1.07. The van der Waals surface area contributed by atoms with Crippen molar-refractivity contribution in [3.63, 3.8) is 0 Å². The Hall–Kier alpha value is -1.74. The van der Waals surface area contributed by atoms with Crippen LogP contribution in [0.25, 0.3) is 0 Å². The highest BCUT2D eigenvalue weighted by Crippen LogP contribution is 2.35. The summed E-state index contributed by atoms with van der Waals surface area (Å²) in [6.45, 7) is 1.69. The molecule has 0 saturated heterocycles. The van der Waals surface area contributed by atoms with Crippen LogP contribution in [0.4, 0.5) is 8.78 Å². The highest BCUT2D eigenvalue weighted by atomic mass is 19.1. The normalized spacial score (nSPS) is 11.6. The topological polar surface area (TPSA) is 20.2 Å². The van der Waals surface area contributed by atoms with E-state index in [0.29, 0.717) is 0 Å². The van der Waals surface area contributed by atoms with Crippen molar-refractivity contribution in [2.75, 3.05) is 0 Å². The first-order valence-electron chi connectivity index (χ1n) is 5.82. The van der Waals surface area contributed by atoms with Gasteiger partial charge >= 0.3 is 0 Å². The lowest BCUT2D eigenvalue weighted by molar-refractivity contribution is 0.0687. The average molecular weight is 248 g/mol. The van der Waals surface area contributed by atoms with Gasteiger partial charge in [0.1, 0.15) is 17.2 Å². The molecule has 1 N–H and O–H groups in total. The number of hydrogen-bond donors (Lipinski definition) is 1. The molecule has 0 radical (unpaired) electrons. The first kappa shape index (κ1) is 12.7. The quantitative estimate of drug-likeness (QED) is 0.879. The Bertz CT molecular complexity index is 506. The molecular weight excluding hydrogens is 234 g/mol. The number of benzene rings is 2. The summed E-state index contributed by atoms with van der Waals surface area (Å²) in [6.07, 6.45) is 0.189. The Labute approximate surface area is 105 Å². The average Bonchev–Trinajstić information content (AvgIpc) is 2.39. The summed E-state index contributed by atoms with van der Waals surface area (Å²) in [7, 11) is 0. The molecule has 18 heavy (non-hydrogen) atoms. The van der Waals surface area contributed by atoms with E-state index >= 15 is 0 Å². The second-order valence-electron chi connectivity index (χ2n) is 4.17. The lowest BCUT2D eigenvalue weighted by atomic mass is 9.83. The predicted octanol–water partition coefficient (Wildman–Crippen LogP) is 3.61. The smallest absolute Gasteiger partial charge is 0.129 e. The maximum Gasteiger partial charge on any atom is 0.129 e. The van der Waals surface area contributed by atoms with E-state index in [4.69, 9.17) is 0 Å². The van der Waals surface area contributed by atoms with Gasteiger partial charge in [0.15, 0.2) is 0 Å². The van der Waals surface area contributed by atoms with E-state index in [1.54, 1.807) is 19.1 Å². The minimum absolute atomic E-state index is 0.0950. The summed E-state index contributed by atoms with van der Waals surface area (Å²) in [5, 5.41) is 10.6. The Kier molecular flexibility index (Phi) is 3.43. The third-order valence-corrected chi connectivity index (χ3v) is 3.15. The molecule has 0 heterocycles. The fourth-order valence-electron chi connectivity index (χ4n) is 2.12. The lowest BCUT2D eigenvalue weighted by Gasteiger charge is -2.28. The SMILES string of the molecule is CCC(O)(c1ccccc1F)c1ccccc1F. The molecule has 0 unspecified atom stereocenters. The molecule has 2 aromatic rings. The molecular formula is C15H14F2O. The van der Waals surface area contributed by atoms with Crippen molar-refractivity contribution in [3.05, 3.63) is 71.3 Å². The van der Waals surface area contributed by atoms with Crippen molar-refractivity contribution in [1.82, 2.24) is 0 Å². The van der Waals surface area contributed by atoms with Crippen molar-refractivity contribution in [3.8, 4) is 0 Å². The zero-order valence-electron chi connectivity index (χ0n) is 10.0. The Balaban J connectivity index is 2.63. The zero-order valence-corrected chi connectivity index (χ0v) is 10.0. The van der Waals surface area contributed by atoms with Gasteiger partial charge in [0.2, 0.25) is 0 Å². The minimum Gasteiger partial charge on any atom is -0.380 e. The van der Waals surface area contributed by atoms with Gasteiger partial charge in [-0.3, -0.25) is 0 Å². The molecule has 2 aromatic carbocycles. The number of rotatable bonds is 3. The van der Waals surface area contributed by atoms with Crippen molar-refractivity contribution in [1.29, 1.82) is 0 Å². The second kappa shape index (κ2) is 4.86. The maximum atomic E-state index is 13.8. The van der Waals surface area contributed by atoms with Crippen LogP contribution in [0.3, 0.4) is 0 Å². The van der Waals surface area contributed by atoms with Gasteiger partial charge in [0.05, 0.1) is 0 Å². The molecule has 94 valence electrons. The molecule has 0 aliphatic carbocycles. The van der Waals surface area contributed by atoms with Crippen molar-refractivity contribution >= 4 is 0 Å². The fraction of sp³-hybridized carbons (Fsp3) is 0.200. The maximum absolute atomic E-state index is 13.8. The Morgan fingerprint density at radius 2 is 1.28 bits per heavy atom. The van der Waals surface area contributed by atoms with Gasteiger partial charge in [0, 0.05) is 11.1 Å². The molecule has 0 amide bonds. The fourth-order valence-corrected chi connectivity index (χ4v) is 2.12. The van der Waals surface area contributed by atoms with Crippen LogP contribution >= 0.6 is 0 Å². The largest absolute Gasteiger partial charge is 0.380 e. The van der Waals surface area contributed by atoms with Gasteiger partial charge < -0.3 is 5.11 Å². The van der Waals surface area contributed by atoms with E-state index < -0.39 is 17.2 Å². The van der Waals surface area contributed by atoms with Crippen LogP contribution in [-0.4, -0.2) is 5.11 Å². The third-order valence-electron chi connectivity index (χ3n) is 3.15. The van der Waals surface area contributed by atoms with E-state index in [0.717, 1.165) is 0 Å². The molecule has 0 aromatic heterocycles. The summed E-state index contributed by atoms with van der Waals surface area (Å²) >= 11 is 0. The predicted molar refractivity (Wildman–Crippen MR) is 66.1 cm³/mol. The van der Waals surface area contributed by atoms with E-state index in [9.17, 15) is 13.9 Å². The van der Waals surface area contributed by atoms with Crippen LogP contribution in [0, 0.1) is 11.6 Å². The highest BCUT2D eigenvalue weighted by Gasteiger charge is 2.34. The van der Waals surface area contributed by atoms with E-state index in [1.165, 1.54) is 36.4 Å². The Morgan fingerprint density at radius 3 is 1.61 bits per heavy atom. The molecule has 0 spiro atoms. The van der Waals surface area contributed by atoms with Crippen LogP contribution in [-0.2, 0) is 5.60 Å². The van der Waals surface area contributed by atoms with Crippen molar-refractivity contribution in [2.24, 2.45) is 0 Å². The van der Waals surface area contributed by atoms with Gasteiger partial charge in [-0.15, -0.1) is 0 Å². The zero-order chi connectivity index (χ0) is 13.2. The van der Waals surface area contributed by atoms with E-state index in [1.807, 2.05) is 0 Å². The van der Waals surface area contributed by atoms with Gasteiger partial charge in [-0.25, -0.2) is 8.78 Å². The van der Waals surface area contributed by atoms with Gasteiger partial charge in [-0.2, -0.15) is 0 Å². The highest BCUT2D eigenvalue weighted by molar-refractivity contribution is 5.37. The van der Waals surface area contributed by atoms with Crippen LogP contribution < -0.4 is 0 Å². The Morgan fingerprint density at radius 1 is 0.889 bits per heavy atom. The van der Waals surface area contributed by atoms with Crippen molar-refractivity contribution in [2.45, 2.75) is 18.9 Å². The third kappa shape index (κ3) is 2.02. The summed E-state index contributed by atoms with van der Waals surface area (Å²) in [5.41, 5.74) is -1.45.